The summed E-state index contributed by atoms with van der Waals surface area (Å²) in [7, 11) is 0. The molecule has 0 aliphatic carbocycles. The van der Waals surface area contributed by atoms with Crippen LogP contribution >= 0.6 is 0 Å². The van der Waals surface area contributed by atoms with Gasteiger partial charge in [-0.3, -0.25) is 0 Å². The minimum Gasteiger partial charge on any atom is -0.240 e. The van der Waals surface area contributed by atoms with Crippen molar-refractivity contribution in [2.45, 2.75) is 0 Å². The lowest BCUT2D eigenvalue weighted by molar-refractivity contribution is 0.961. The third-order valence-electron chi connectivity index (χ3n) is 4.76. The quantitative estimate of drug-likeness (QED) is 0.386. The van der Waals surface area contributed by atoms with E-state index >= 15 is 0 Å². The van der Waals surface area contributed by atoms with Crippen LogP contribution in [-0.4, -0.2) is 20.3 Å². The van der Waals surface area contributed by atoms with E-state index < -0.39 is 0 Å². The number of pyridine rings is 2. The predicted molar refractivity (Wildman–Crippen MR) is 117 cm³/mol. The van der Waals surface area contributed by atoms with E-state index in [1.807, 2.05) is 89.7 Å². The number of nitrogens with zero attached hydrogens (tertiary/aromatic N) is 4. The fourth-order valence-corrected chi connectivity index (χ4v) is 3.37. The molecule has 4 nitrogen and oxygen atoms in total. The molecule has 0 N–H and O–H groups in total. The Balaban J connectivity index is 1.63. The summed E-state index contributed by atoms with van der Waals surface area (Å²) in [5.41, 5.74) is 5.88. The maximum Gasteiger partial charge on any atom is 0.153 e. The minimum absolute atomic E-state index is 0.667. The van der Waals surface area contributed by atoms with Crippen molar-refractivity contribution in [3.05, 3.63) is 121 Å². The number of aromatic nitrogens is 3. The van der Waals surface area contributed by atoms with E-state index in [9.17, 15) is 0 Å². The smallest absolute Gasteiger partial charge is 0.153 e. The molecule has 2 aromatic carbocycles. The number of fused-ring (bicyclic) bond motifs is 1. The standard InChI is InChI=1S/C25H18N4/c1-3-10-19(11-4-1)25(20-12-5-2-6-13-20)28-24-16-9-14-22(27-24)21-18-26-29-17-8-7-15-23(21)29/h1-18H. The first-order chi connectivity index (χ1) is 14.4. The molecule has 0 saturated carbocycles. The molecular weight excluding hydrogens is 356 g/mol. The predicted octanol–water partition coefficient (Wildman–Crippen LogP) is 5.57. The Labute approximate surface area is 168 Å². The highest BCUT2D eigenvalue weighted by molar-refractivity contribution is 6.13. The van der Waals surface area contributed by atoms with Gasteiger partial charge in [-0.15, -0.1) is 0 Å². The Morgan fingerprint density at radius 1 is 0.690 bits per heavy atom. The molecule has 0 fully saturated rings. The van der Waals surface area contributed by atoms with E-state index in [0.29, 0.717) is 5.82 Å². The number of rotatable bonds is 4. The first-order valence-electron chi connectivity index (χ1n) is 9.48. The number of hydrogen-bond donors (Lipinski definition) is 0. The molecule has 29 heavy (non-hydrogen) atoms. The molecule has 138 valence electrons. The van der Waals surface area contributed by atoms with Crippen LogP contribution in [0.15, 0.2) is 114 Å². The zero-order valence-electron chi connectivity index (χ0n) is 15.7. The molecule has 0 aliphatic heterocycles. The molecule has 5 rings (SSSR count). The molecular formula is C25H18N4. The fourth-order valence-electron chi connectivity index (χ4n) is 3.37. The van der Waals surface area contributed by atoms with E-state index in [4.69, 9.17) is 9.98 Å². The SMILES string of the molecule is c1ccc(C(=Nc2cccc(-c3cnn4ccccc34)n2)c2ccccc2)cc1. The van der Waals surface area contributed by atoms with Gasteiger partial charge in [0.1, 0.15) is 0 Å². The van der Waals surface area contributed by atoms with E-state index in [-0.39, 0.29) is 0 Å². The lowest BCUT2D eigenvalue weighted by Crippen LogP contribution is -2.02. The maximum absolute atomic E-state index is 4.93. The molecule has 3 aromatic heterocycles. The summed E-state index contributed by atoms with van der Waals surface area (Å²) in [5, 5.41) is 4.42. The molecule has 0 atom stereocenters. The van der Waals surface area contributed by atoms with Crippen LogP contribution in [0, 0.1) is 0 Å². The van der Waals surface area contributed by atoms with Gasteiger partial charge in [-0.1, -0.05) is 72.8 Å². The summed E-state index contributed by atoms with van der Waals surface area (Å²) in [5.74, 6) is 0.667. The van der Waals surface area contributed by atoms with Gasteiger partial charge in [0.05, 0.1) is 23.1 Å². The van der Waals surface area contributed by atoms with Crippen molar-refractivity contribution in [2.24, 2.45) is 4.99 Å². The molecule has 0 saturated heterocycles. The highest BCUT2D eigenvalue weighted by Crippen LogP contribution is 2.25. The molecule has 0 amide bonds. The van der Waals surface area contributed by atoms with Gasteiger partial charge in [0, 0.05) is 22.9 Å². The van der Waals surface area contributed by atoms with E-state index in [1.165, 1.54) is 0 Å². The van der Waals surface area contributed by atoms with Crippen molar-refractivity contribution >= 4 is 17.0 Å². The summed E-state index contributed by atoms with van der Waals surface area (Å²) >= 11 is 0. The Hall–Kier alpha value is -4.05. The van der Waals surface area contributed by atoms with Gasteiger partial charge in [0.15, 0.2) is 5.82 Å². The summed E-state index contributed by atoms with van der Waals surface area (Å²) in [6.45, 7) is 0. The zero-order chi connectivity index (χ0) is 19.5. The topological polar surface area (TPSA) is 42.5 Å². The van der Waals surface area contributed by atoms with Crippen LogP contribution in [0.2, 0.25) is 0 Å². The van der Waals surface area contributed by atoms with Crippen LogP contribution < -0.4 is 0 Å². The Kier molecular flexibility index (Phi) is 4.43. The minimum atomic E-state index is 0.667. The van der Waals surface area contributed by atoms with Gasteiger partial charge in [0.2, 0.25) is 0 Å². The zero-order valence-corrected chi connectivity index (χ0v) is 15.7. The highest BCUT2D eigenvalue weighted by Gasteiger charge is 2.10. The van der Waals surface area contributed by atoms with Crippen LogP contribution in [0.3, 0.4) is 0 Å². The van der Waals surface area contributed by atoms with Crippen LogP contribution in [-0.2, 0) is 0 Å². The van der Waals surface area contributed by atoms with Gasteiger partial charge in [-0.05, 0) is 24.3 Å². The monoisotopic (exact) mass is 374 g/mol. The largest absolute Gasteiger partial charge is 0.240 e. The van der Waals surface area contributed by atoms with Crippen molar-refractivity contribution in [1.29, 1.82) is 0 Å². The number of hydrogen-bond acceptors (Lipinski definition) is 3. The van der Waals surface area contributed by atoms with Crippen LogP contribution in [0.4, 0.5) is 5.82 Å². The first kappa shape index (κ1) is 17.1. The summed E-state index contributed by atoms with van der Waals surface area (Å²) in [6.07, 6.45) is 3.78. The fraction of sp³-hybridized carbons (Fsp3) is 0. The lowest BCUT2D eigenvalue weighted by Gasteiger charge is -2.08. The van der Waals surface area contributed by atoms with Gasteiger partial charge < -0.3 is 0 Å². The van der Waals surface area contributed by atoms with E-state index in [0.717, 1.165) is 33.6 Å². The van der Waals surface area contributed by atoms with E-state index in [1.54, 1.807) is 0 Å². The average Bonchev–Trinajstić information content (AvgIpc) is 3.23. The Morgan fingerprint density at radius 3 is 2.10 bits per heavy atom. The van der Waals surface area contributed by atoms with Crippen LogP contribution in [0.1, 0.15) is 11.1 Å². The third-order valence-corrected chi connectivity index (χ3v) is 4.76. The third kappa shape index (κ3) is 3.44. The van der Waals surface area contributed by atoms with Crippen molar-refractivity contribution in [1.82, 2.24) is 14.6 Å². The molecule has 0 unspecified atom stereocenters. The highest BCUT2D eigenvalue weighted by atomic mass is 15.2. The first-order valence-corrected chi connectivity index (χ1v) is 9.48. The van der Waals surface area contributed by atoms with Crippen molar-refractivity contribution in [3.8, 4) is 11.3 Å². The van der Waals surface area contributed by atoms with Gasteiger partial charge in [-0.2, -0.15) is 5.10 Å². The second-order valence-electron chi connectivity index (χ2n) is 6.66. The summed E-state index contributed by atoms with van der Waals surface area (Å²) < 4.78 is 1.85. The Morgan fingerprint density at radius 2 is 1.38 bits per heavy atom. The van der Waals surface area contributed by atoms with Crippen molar-refractivity contribution in [2.75, 3.05) is 0 Å². The van der Waals surface area contributed by atoms with Crippen molar-refractivity contribution < 1.29 is 0 Å². The maximum atomic E-state index is 4.93. The van der Waals surface area contributed by atoms with Gasteiger partial charge >= 0.3 is 0 Å². The normalized spacial score (nSPS) is 10.8. The average molecular weight is 374 g/mol. The van der Waals surface area contributed by atoms with Crippen molar-refractivity contribution in [3.63, 3.8) is 0 Å². The van der Waals surface area contributed by atoms with E-state index in [2.05, 4.69) is 29.4 Å². The summed E-state index contributed by atoms with van der Waals surface area (Å²) in [6, 6.07) is 32.3. The summed E-state index contributed by atoms with van der Waals surface area (Å²) in [4.78, 5) is 9.74. The second kappa shape index (κ2) is 7.52. The second-order valence-corrected chi connectivity index (χ2v) is 6.66. The molecule has 3 heterocycles. The molecule has 0 radical (unpaired) electrons. The number of aliphatic imine (C=N–C) groups is 1. The molecule has 0 spiro atoms. The molecule has 0 bridgehead atoms. The van der Waals surface area contributed by atoms with Crippen LogP contribution in [0.5, 0.6) is 0 Å². The molecule has 0 aliphatic rings. The van der Waals surface area contributed by atoms with Gasteiger partial charge in [0.25, 0.3) is 0 Å². The number of benzene rings is 2. The lowest BCUT2D eigenvalue weighted by atomic mass is 10.0. The Bertz CT molecular complexity index is 1250. The van der Waals surface area contributed by atoms with Crippen LogP contribution in [0.25, 0.3) is 16.8 Å². The van der Waals surface area contributed by atoms with Gasteiger partial charge in [-0.25, -0.2) is 14.5 Å². The molecule has 4 heteroatoms. The molecule has 5 aromatic rings.